The predicted molar refractivity (Wildman–Crippen MR) is 52.0 cm³/mol. The van der Waals surface area contributed by atoms with Crippen LogP contribution in [-0.4, -0.2) is 15.3 Å². The second-order valence-electron chi connectivity index (χ2n) is 2.13. The molecule has 0 spiro atoms. The van der Waals surface area contributed by atoms with E-state index in [2.05, 4.69) is 27.5 Å². The van der Waals surface area contributed by atoms with Gasteiger partial charge < -0.3 is 4.57 Å². The zero-order valence-corrected chi connectivity index (χ0v) is 8.65. The second-order valence-corrected chi connectivity index (χ2v) is 4.19. The molecular formula is C7H9BrN2S. The first kappa shape index (κ1) is 8.87. The minimum atomic E-state index is 0.866. The third-order valence-corrected chi connectivity index (χ3v) is 2.93. The summed E-state index contributed by atoms with van der Waals surface area (Å²) in [6, 6.07) is 0. The SMILES string of the molecule is C=C(Br)CSc1nccn1C. The number of nitrogens with zero attached hydrogens (tertiary/aromatic N) is 2. The Balaban J connectivity index is 2.51. The van der Waals surface area contributed by atoms with Gasteiger partial charge in [-0.05, 0) is 4.48 Å². The zero-order valence-electron chi connectivity index (χ0n) is 6.25. The summed E-state index contributed by atoms with van der Waals surface area (Å²) in [5.74, 6) is 0.866. The standard InChI is InChI=1S/C7H9BrN2S/c1-6(8)5-11-7-9-3-4-10(7)2/h3-4H,1,5H2,2H3. The zero-order chi connectivity index (χ0) is 8.27. The van der Waals surface area contributed by atoms with Crippen LogP contribution in [0.1, 0.15) is 0 Å². The van der Waals surface area contributed by atoms with Crippen LogP contribution in [0.15, 0.2) is 28.6 Å². The summed E-state index contributed by atoms with van der Waals surface area (Å²) < 4.78 is 2.98. The highest BCUT2D eigenvalue weighted by atomic mass is 79.9. The molecule has 0 aromatic carbocycles. The van der Waals surface area contributed by atoms with Crippen LogP contribution >= 0.6 is 27.7 Å². The highest BCUT2D eigenvalue weighted by Gasteiger charge is 1.98. The molecule has 0 aliphatic heterocycles. The minimum Gasteiger partial charge on any atom is -0.329 e. The first-order valence-corrected chi connectivity index (χ1v) is 4.91. The summed E-state index contributed by atoms with van der Waals surface area (Å²) in [4.78, 5) is 4.15. The number of halogens is 1. The molecule has 1 aromatic heterocycles. The molecule has 0 bridgehead atoms. The molecule has 0 fully saturated rings. The molecule has 0 saturated heterocycles. The van der Waals surface area contributed by atoms with Gasteiger partial charge in [0.15, 0.2) is 5.16 Å². The molecule has 1 heterocycles. The third-order valence-electron chi connectivity index (χ3n) is 1.13. The highest BCUT2D eigenvalue weighted by Crippen LogP contribution is 2.19. The fourth-order valence-corrected chi connectivity index (χ4v) is 1.66. The van der Waals surface area contributed by atoms with E-state index in [0.717, 1.165) is 15.4 Å². The van der Waals surface area contributed by atoms with Crippen molar-refractivity contribution in [2.45, 2.75) is 5.16 Å². The molecule has 0 amide bonds. The molecule has 60 valence electrons. The van der Waals surface area contributed by atoms with Crippen molar-refractivity contribution in [3.05, 3.63) is 23.5 Å². The van der Waals surface area contributed by atoms with Crippen molar-refractivity contribution in [2.75, 3.05) is 5.75 Å². The van der Waals surface area contributed by atoms with Crippen LogP contribution in [0.5, 0.6) is 0 Å². The number of imidazole rings is 1. The van der Waals surface area contributed by atoms with Crippen molar-refractivity contribution in [1.82, 2.24) is 9.55 Å². The van der Waals surface area contributed by atoms with Crippen molar-refractivity contribution in [2.24, 2.45) is 7.05 Å². The van der Waals surface area contributed by atoms with Gasteiger partial charge >= 0.3 is 0 Å². The van der Waals surface area contributed by atoms with Crippen molar-refractivity contribution in [3.63, 3.8) is 0 Å². The van der Waals surface area contributed by atoms with E-state index >= 15 is 0 Å². The lowest BCUT2D eigenvalue weighted by molar-refractivity contribution is 0.791. The number of aryl methyl sites for hydroxylation is 1. The monoisotopic (exact) mass is 232 g/mol. The number of rotatable bonds is 3. The first-order chi connectivity index (χ1) is 5.20. The summed E-state index contributed by atoms with van der Waals surface area (Å²) in [6.45, 7) is 3.74. The van der Waals surface area contributed by atoms with E-state index in [9.17, 15) is 0 Å². The fourth-order valence-electron chi connectivity index (χ4n) is 0.634. The number of hydrogen-bond acceptors (Lipinski definition) is 2. The lowest BCUT2D eigenvalue weighted by atomic mass is 10.8. The van der Waals surface area contributed by atoms with Gasteiger partial charge in [0.1, 0.15) is 0 Å². The normalized spacial score (nSPS) is 10.0. The molecule has 0 aliphatic rings. The Labute approximate surface area is 78.8 Å². The Morgan fingerprint density at radius 1 is 1.91 bits per heavy atom. The van der Waals surface area contributed by atoms with E-state index < -0.39 is 0 Å². The van der Waals surface area contributed by atoms with Crippen molar-refractivity contribution >= 4 is 27.7 Å². The quantitative estimate of drug-likeness (QED) is 0.746. The molecule has 2 nitrogen and oxygen atoms in total. The summed E-state index contributed by atoms with van der Waals surface area (Å²) in [7, 11) is 1.98. The predicted octanol–water partition coefficient (Wildman–Crippen LogP) is 2.42. The Morgan fingerprint density at radius 2 is 2.64 bits per heavy atom. The van der Waals surface area contributed by atoms with Crippen LogP contribution in [0, 0.1) is 0 Å². The number of aromatic nitrogens is 2. The Bertz CT molecular complexity index is 257. The van der Waals surface area contributed by atoms with Crippen molar-refractivity contribution < 1.29 is 0 Å². The Hall–Kier alpha value is -0.220. The van der Waals surface area contributed by atoms with Gasteiger partial charge in [0, 0.05) is 25.2 Å². The Kier molecular flexibility index (Phi) is 3.20. The van der Waals surface area contributed by atoms with E-state index in [0.29, 0.717) is 0 Å². The van der Waals surface area contributed by atoms with Gasteiger partial charge in [0.2, 0.25) is 0 Å². The van der Waals surface area contributed by atoms with E-state index in [1.165, 1.54) is 0 Å². The second kappa shape index (κ2) is 3.97. The smallest absolute Gasteiger partial charge is 0.168 e. The Morgan fingerprint density at radius 3 is 3.09 bits per heavy atom. The topological polar surface area (TPSA) is 17.8 Å². The van der Waals surface area contributed by atoms with E-state index in [-0.39, 0.29) is 0 Å². The maximum absolute atomic E-state index is 4.15. The van der Waals surface area contributed by atoms with Gasteiger partial charge in [-0.3, -0.25) is 0 Å². The number of hydrogen-bond donors (Lipinski definition) is 0. The van der Waals surface area contributed by atoms with Crippen molar-refractivity contribution in [1.29, 1.82) is 0 Å². The maximum Gasteiger partial charge on any atom is 0.168 e. The average Bonchev–Trinajstić information content (AvgIpc) is 2.31. The van der Waals surface area contributed by atoms with Crippen LogP contribution in [0.3, 0.4) is 0 Å². The van der Waals surface area contributed by atoms with Gasteiger partial charge in [-0.1, -0.05) is 34.3 Å². The van der Waals surface area contributed by atoms with Gasteiger partial charge in [-0.2, -0.15) is 0 Å². The van der Waals surface area contributed by atoms with Gasteiger partial charge in [-0.25, -0.2) is 4.98 Å². The van der Waals surface area contributed by atoms with E-state index in [1.807, 2.05) is 17.8 Å². The first-order valence-electron chi connectivity index (χ1n) is 3.13. The minimum absolute atomic E-state index is 0.866. The summed E-state index contributed by atoms with van der Waals surface area (Å²) >= 11 is 4.96. The van der Waals surface area contributed by atoms with Crippen molar-refractivity contribution in [3.8, 4) is 0 Å². The fraction of sp³-hybridized carbons (Fsp3) is 0.286. The maximum atomic E-state index is 4.15. The van der Waals surface area contributed by atoms with Gasteiger partial charge in [-0.15, -0.1) is 0 Å². The summed E-state index contributed by atoms with van der Waals surface area (Å²) in [5, 5.41) is 1.02. The molecule has 1 rings (SSSR count). The largest absolute Gasteiger partial charge is 0.329 e. The van der Waals surface area contributed by atoms with Gasteiger partial charge in [0.05, 0.1) is 0 Å². The van der Waals surface area contributed by atoms with Crippen LogP contribution in [0.25, 0.3) is 0 Å². The molecule has 4 heteroatoms. The molecule has 11 heavy (non-hydrogen) atoms. The lowest BCUT2D eigenvalue weighted by Crippen LogP contribution is -1.89. The molecule has 0 N–H and O–H groups in total. The highest BCUT2D eigenvalue weighted by molar-refractivity contribution is 9.11. The molecule has 0 aliphatic carbocycles. The van der Waals surface area contributed by atoms with Crippen LogP contribution in [0.2, 0.25) is 0 Å². The molecule has 0 unspecified atom stereocenters. The summed E-state index contributed by atoms with van der Waals surface area (Å²) in [5.41, 5.74) is 0. The molecule has 0 saturated carbocycles. The number of thioether (sulfide) groups is 1. The van der Waals surface area contributed by atoms with Crippen LogP contribution in [0.4, 0.5) is 0 Å². The molecule has 0 radical (unpaired) electrons. The average molecular weight is 233 g/mol. The lowest BCUT2D eigenvalue weighted by Gasteiger charge is -1.98. The summed E-state index contributed by atoms with van der Waals surface area (Å²) in [6.07, 6.45) is 3.72. The van der Waals surface area contributed by atoms with Crippen LogP contribution < -0.4 is 0 Å². The van der Waals surface area contributed by atoms with Gasteiger partial charge in [0.25, 0.3) is 0 Å². The molecule has 0 atom stereocenters. The third kappa shape index (κ3) is 2.71. The van der Waals surface area contributed by atoms with E-state index in [4.69, 9.17) is 0 Å². The van der Waals surface area contributed by atoms with E-state index in [1.54, 1.807) is 18.0 Å². The van der Waals surface area contributed by atoms with Crippen LogP contribution in [-0.2, 0) is 7.05 Å². The molecule has 1 aromatic rings. The molecular weight excluding hydrogens is 224 g/mol.